The normalized spacial score (nSPS) is 20.6. The first-order chi connectivity index (χ1) is 19.6. The second-order valence-corrected chi connectivity index (χ2v) is 13.5. The van der Waals surface area contributed by atoms with Crippen molar-refractivity contribution in [2.75, 3.05) is 56.1 Å². The molecule has 1 saturated carbocycles. The van der Waals surface area contributed by atoms with Gasteiger partial charge in [0.25, 0.3) is 0 Å². The number of hydrogen-bond acceptors (Lipinski definition) is 9. The lowest BCUT2D eigenvalue weighted by Crippen LogP contribution is -2.41. The Hall–Kier alpha value is -3.06. The maximum Gasteiger partial charge on any atom is 0.305 e. The molecule has 1 aliphatic carbocycles. The Morgan fingerprint density at radius 3 is 2.49 bits per heavy atom. The molecule has 3 heterocycles. The first-order valence-corrected chi connectivity index (χ1v) is 15.7. The Morgan fingerprint density at radius 2 is 1.83 bits per heavy atom. The first-order valence-electron chi connectivity index (χ1n) is 14.3. The maximum absolute atomic E-state index is 13.5. The Labute approximate surface area is 242 Å². The second-order valence-electron chi connectivity index (χ2n) is 11.6. The van der Waals surface area contributed by atoms with E-state index >= 15 is 0 Å². The number of benzene rings is 1. The van der Waals surface area contributed by atoms with Gasteiger partial charge in [-0.05, 0) is 62.1 Å². The molecule has 0 radical (unpaired) electrons. The lowest BCUT2D eigenvalue weighted by molar-refractivity contribution is 0.204. The summed E-state index contributed by atoms with van der Waals surface area (Å²) in [6, 6.07) is 13.5. The Kier molecular flexibility index (Phi) is 8.65. The fraction of sp³-hybridized carbons (Fsp3) is 0.552. The second kappa shape index (κ2) is 12.0. The number of hydrogen-bond donors (Lipinski definition) is 1. The van der Waals surface area contributed by atoms with Crippen LogP contribution in [0.4, 0.5) is 11.6 Å². The highest BCUT2D eigenvalue weighted by molar-refractivity contribution is 7.90. The molecule has 222 valence electrons. The molecule has 3 atom stereocenters. The largest absolute Gasteiger partial charge is 0.419 e. The van der Waals surface area contributed by atoms with Crippen molar-refractivity contribution in [1.82, 2.24) is 19.5 Å². The van der Waals surface area contributed by atoms with Crippen LogP contribution in [-0.2, 0) is 26.9 Å². The van der Waals surface area contributed by atoms with Gasteiger partial charge in [0.2, 0.25) is 11.8 Å². The van der Waals surface area contributed by atoms with Gasteiger partial charge in [-0.1, -0.05) is 37.3 Å². The lowest BCUT2D eigenvalue weighted by atomic mass is 9.94. The zero-order chi connectivity index (χ0) is 29.2. The number of rotatable bonds is 13. The Bertz CT molecular complexity index is 1420. The van der Waals surface area contributed by atoms with Gasteiger partial charge in [0.1, 0.15) is 11.6 Å². The predicted octanol–water partition coefficient (Wildman–Crippen LogP) is 3.43. The summed E-state index contributed by atoms with van der Waals surface area (Å²) in [5.41, 5.74) is 7.39. The summed E-state index contributed by atoms with van der Waals surface area (Å²) in [7, 11) is -0.535. The number of nitrogens with zero attached hydrogens (tertiary/aromatic N) is 6. The van der Waals surface area contributed by atoms with Crippen molar-refractivity contribution in [1.29, 1.82) is 0 Å². The van der Waals surface area contributed by atoms with E-state index in [2.05, 4.69) is 22.0 Å². The molecule has 2 aromatic heterocycles. The minimum absolute atomic E-state index is 0.257. The van der Waals surface area contributed by atoms with Crippen LogP contribution in [0.2, 0.25) is 0 Å². The van der Waals surface area contributed by atoms with Crippen LogP contribution in [0.3, 0.4) is 0 Å². The molecular formula is C29H41N7O4S. The molecule has 2 aliphatic rings. The van der Waals surface area contributed by atoms with E-state index in [1.165, 1.54) is 8.61 Å². The Balaban J connectivity index is 1.51. The van der Waals surface area contributed by atoms with Crippen LogP contribution < -0.4 is 14.9 Å². The summed E-state index contributed by atoms with van der Waals surface area (Å²) in [6.07, 6.45) is 3.37. The molecule has 41 heavy (non-hydrogen) atoms. The third-order valence-corrected chi connectivity index (χ3v) is 9.95. The zero-order valence-electron chi connectivity index (χ0n) is 24.4. The average Bonchev–Trinajstić information content (AvgIpc) is 3.38. The minimum Gasteiger partial charge on any atom is -0.419 e. The van der Waals surface area contributed by atoms with Crippen molar-refractivity contribution < 1.29 is 17.6 Å². The Morgan fingerprint density at radius 1 is 1.15 bits per heavy atom. The van der Waals surface area contributed by atoms with Crippen LogP contribution in [0, 0.1) is 11.8 Å². The van der Waals surface area contributed by atoms with Crippen LogP contribution in [0.15, 0.2) is 46.9 Å². The molecule has 5 rings (SSSR count). The summed E-state index contributed by atoms with van der Waals surface area (Å²) >= 11 is 0. The molecule has 12 heteroatoms. The quantitative estimate of drug-likeness (QED) is 0.321. The molecule has 2 fully saturated rings. The van der Waals surface area contributed by atoms with Crippen LogP contribution in [0.1, 0.15) is 44.6 Å². The molecular weight excluding hydrogens is 542 g/mol. The molecule has 2 N–H and O–H groups in total. The molecule has 1 aromatic carbocycles. The van der Waals surface area contributed by atoms with Gasteiger partial charge in [-0.15, -0.1) is 10.2 Å². The van der Waals surface area contributed by atoms with Gasteiger partial charge in [0.05, 0.1) is 12.1 Å². The summed E-state index contributed by atoms with van der Waals surface area (Å²) in [4.78, 5) is 7.00. The van der Waals surface area contributed by atoms with Crippen molar-refractivity contribution in [3.05, 3.63) is 53.9 Å². The van der Waals surface area contributed by atoms with Crippen molar-refractivity contribution in [2.24, 2.45) is 17.6 Å². The van der Waals surface area contributed by atoms with Gasteiger partial charge in [0.15, 0.2) is 0 Å². The van der Waals surface area contributed by atoms with E-state index in [9.17, 15) is 8.42 Å². The molecule has 0 amide bonds. The first kappa shape index (κ1) is 29.4. The lowest BCUT2D eigenvalue weighted by Gasteiger charge is -2.28. The molecule has 0 spiro atoms. The van der Waals surface area contributed by atoms with Gasteiger partial charge >= 0.3 is 10.2 Å². The number of aromatic nitrogens is 3. The van der Waals surface area contributed by atoms with E-state index in [1.54, 1.807) is 20.2 Å². The van der Waals surface area contributed by atoms with E-state index in [0.29, 0.717) is 61.8 Å². The van der Waals surface area contributed by atoms with E-state index < -0.39 is 15.7 Å². The number of methoxy groups -OCH3 is 1. The van der Waals surface area contributed by atoms with Crippen LogP contribution >= 0.6 is 0 Å². The fourth-order valence-electron chi connectivity index (χ4n) is 5.26. The van der Waals surface area contributed by atoms with E-state index in [1.807, 2.05) is 43.3 Å². The van der Waals surface area contributed by atoms with Crippen molar-refractivity contribution in [3.63, 3.8) is 0 Å². The molecule has 11 nitrogen and oxygen atoms in total. The molecule has 2 unspecified atom stereocenters. The van der Waals surface area contributed by atoms with Crippen LogP contribution in [0.25, 0.3) is 11.5 Å². The van der Waals surface area contributed by atoms with Crippen LogP contribution in [-0.4, -0.2) is 74.8 Å². The molecule has 0 bridgehead atoms. The molecule has 1 saturated heterocycles. The van der Waals surface area contributed by atoms with Gasteiger partial charge < -0.3 is 19.8 Å². The highest BCUT2D eigenvalue weighted by atomic mass is 32.2. The van der Waals surface area contributed by atoms with Gasteiger partial charge in [0, 0.05) is 45.9 Å². The molecule has 3 aromatic rings. The predicted molar refractivity (Wildman–Crippen MR) is 159 cm³/mol. The standard InChI is InChI=1S/C29H41N7O4S/c1-21-16-24(21)20-35(14-15-39-4)26-18-23(17-25(31-26)34(3)41(37,38)36-12-8-9-13-36)27-32-33-28(40-27)29(2,30)19-22-10-6-5-7-11-22/h5-7,10-11,17-18,21,24H,8-9,12-16,19-20,30H2,1-4H3/t21?,24?,29-/m1/s1. The van der Waals surface area contributed by atoms with Gasteiger partial charge in [-0.3, -0.25) is 0 Å². The van der Waals surface area contributed by atoms with E-state index in [0.717, 1.165) is 31.4 Å². The zero-order valence-corrected chi connectivity index (χ0v) is 25.2. The van der Waals surface area contributed by atoms with E-state index in [4.69, 9.17) is 19.9 Å². The SMILES string of the molecule is COCCN(CC1CC1C)c1cc(-c2nnc([C@](C)(N)Cc3ccccc3)o2)cc(N(C)S(=O)(=O)N2CCCC2)n1. The summed E-state index contributed by atoms with van der Waals surface area (Å²) < 4.78 is 41.3. The minimum atomic E-state index is -3.75. The molecule has 1 aliphatic heterocycles. The van der Waals surface area contributed by atoms with Crippen molar-refractivity contribution in [2.45, 2.75) is 45.1 Å². The monoisotopic (exact) mass is 583 g/mol. The fourth-order valence-corrected chi connectivity index (χ4v) is 6.66. The third-order valence-electron chi connectivity index (χ3n) is 8.05. The van der Waals surface area contributed by atoms with Gasteiger partial charge in [-0.2, -0.15) is 12.7 Å². The summed E-state index contributed by atoms with van der Waals surface area (Å²) in [5, 5.41) is 8.64. The van der Waals surface area contributed by atoms with Gasteiger partial charge in [-0.25, -0.2) is 9.29 Å². The number of nitrogens with two attached hydrogens (primary N) is 1. The maximum atomic E-state index is 13.5. The topological polar surface area (TPSA) is 131 Å². The smallest absolute Gasteiger partial charge is 0.305 e. The third kappa shape index (κ3) is 6.72. The highest BCUT2D eigenvalue weighted by Gasteiger charge is 2.36. The average molecular weight is 584 g/mol. The van der Waals surface area contributed by atoms with Crippen molar-refractivity contribution in [3.8, 4) is 11.5 Å². The number of ether oxygens (including phenoxy) is 1. The summed E-state index contributed by atoms with van der Waals surface area (Å²) in [6.45, 7) is 7.04. The van der Waals surface area contributed by atoms with Crippen molar-refractivity contribution >= 4 is 21.8 Å². The summed E-state index contributed by atoms with van der Waals surface area (Å²) in [5.74, 6) is 2.68. The number of anilines is 2. The van der Waals surface area contributed by atoms with Crippen LogP contribution in [0.5, 0.6) is 0 Å². The van der Waals surface area contributed by atoms with E-state index in [-0.39, 0.29) is 11.7 Å². The highest BCUT2D eigenvalue weighted by Crippen LogP contribution is 2.39. The number of pyridine rings is 1.